The van der Waals surface area contributed by atoms with Crippen molar-refractivity contribution in [3.63, 3.8) is 0 Å². The molecule has 3 rings (SSSR count). The molecule has 0 radical (unpaired) electrons. The Morgan fingerprint density at radius 3 is 2.93 bits per heavy atom. The molecule has 1 aromatic carbocycles. The predicted molar refractivity (Wildman–Crippen MR) is 110 cm³/mol. The number of carbonyl (C=O) groups excluding carboxylic acids is 1. The van der Waals surface area contributed by atoms with Crippen LogP contribution < -0.4 is 0 Å². The Labute approximate surface area is 171 Å². The fourth-order valence-corrected chi connectivity index (χ4v) is 3.83. The van der Waals surface area contributed by atoms with Gasteiger partial charge in [0.15, 0.2) is 6.29 Å². The number of hydrogen-bond acceptors (Lipinski definition) is 6. The number of ether oxygens (including phenoxy) is 3. The summed E-state index contributed by atoms with van der Waals surface area (Å²) in [4.78, 5) is 16.6. The molecule has 1 fully saturated rings. The third-order valence-electron chi connectivity index (χ3n) is 4.32. The molecule has 1 saturated heterocycles. The van der Waals surface area contributed by atoms with Crippen molar-refractivity contribution < 1.29 is 19.0 Å². The molecule has 0 amide bonds. The molecule has 0 bridgehead atoms. The first-order chi connectivity index (χ1) is 13.4. The second-order valence-corrected chi connectivity index (χ2v) is 8.90. The molecule has 1 aliphatic heterocycles. The van der Waals surface area contributed by atoms with Crippen LogP contribution in [0.5, 0.6) is 0 Å². The highest BCUT2D eigenvalue weighted by molar-refractivity contribution is 7.13. The maximum atomic E-state index is 11.9. The van der Waals surface area contributed by atoms with E-state index in [2.05, 4.69) is 6.07 Å². The van der Waals surface area contributed by atoms with Crippen LogP contribution in [0.15, 0.2) is 29.6 Å². The highest BCUT2D eigenvalue weighted by Gasteiger charge is 2.17. The molecule has 0 spiro atoms. The van der Waals surface area contributed by atoms with Gasteiger partial charge in [-0.2, -0.15) is 0 Å². The van der Waals surface area contributed by atoms with Crippen LogP contribution in [0.3, 0.4) is 0 Å². The number of carbonyl (C=O) groups is 1. The molecule has 1 atom stereocenters. The Bertz CT molecular complexity index is 775. The van der Waals surface area contributed by atoms with Crippen LogP contribution in [0, 0.1) is 0 Å². The lowest BCUT2D eigenvalue weighted by atomic mass is 10.1. The van der Waals surface area contributed by atoms with Crippen LogP contribution in [0.25, 0.3) is 10.6 Å². The van der Waals surface area contributed by atoms with Crippen molar-refractivity contribution in [3.8, 4) is 10.6 Å². The number of thiazole rings is 1. The van der Waals surface area contributed by atoms with Gasteiger partial charge in [-0.25, -0.2) is 4.98 Å². The van der Waals surface area contributed by atoms with E-state index < -0.39 is 5.60 Å². The van der Waals surface area contributed by atoms with Crippen LogP contribution in [-0.4, -0.2) is 29.5 Å². The van der Waals surface area contributed by atoms with Crippen molar-refractivity contribution >= 4 is 17.3 Å². The van der Waals surface area contributed by atoms with Crippen molar-refractivity contribution in [1.82, 2.24) is 4.98 Å². The molecule has 0 N–H and O–H groups in total. The van der Waals surface area contributed by atoms with E-state index in [1.54, 1.807) is 11.3 Å². The van der Waals surface area contributed by atoms with Crippen LogP contribution in [0.2, 0.25) is 0 Å². The summed E-state index contributed by atoms with van der Waals surface area (Å²) in [6.45, 7) is 6.91. The minimum atomic E-state index is -0.443. The third-order valence-corrected chi connectivity index (χ3v) is 5.26. The van der Waals surface area contributed by atoms with Gasteiger partial charge in [-0.15, -0.1) is 11.3 Å². The molecule has 0 saturated carbocycles. The van der Waals surface area contributed by atoms with Crippen molar-refractivity contribution in [3.05, 3.63) is 40.9 Å². The lowest BCUT2D eigenvalue weighted by Crippen LogP contribution is -2.24. The quantitative estimate of drug-likeness (QED) is 0.600. The molecular formula is C22H29NO4S. The Balaban J connectivity index is 1.54. The fraction of sp³-hybridized carbons (Fsp3) is 0.545. The maximum Gasteiger partial charge on any atom is 0.306 e. The number of esters is 1. The average Bonchev–Trinajstić information content (AvgIpc) is 3.14. The summed E-state index contributed by atoms with van der Waals surface area (Å²) in [5.74, 6) is -0.170. The summed E-state index contributed by atoms with van der Waals surface area (Å²) in [5.41, 5.74) is 2.65. The zero-order valence-electron chi connectivity index (χ0n) is 16.9. The van der Waals surface area contributed by atoms with Gasteiger partial charge in [0.1, 0.15) is 10.6 Å². The second-order valence-electron chi connectivity index (χ2n) is 8.04. The van der Waals surface area contributed by atoms with Crippen LogP contribution in [0.4, 0.5) is 0 Å². The zero-order chi connectivity index (χ0) is 20.0. The standard InChI is InChI=1S/C22H29NO4S/c1-22(2,3)27-19(24)11-10-16-7-6-8-17(13-16)21-23-18(15-28-21)14-26-20-9-4-5-12-25-20/h6-8,13,15,20H,4-5,9-12,14H2,1-3H3. The Morgan fingerprint density at radius 2 is 2.18 bits per heavy atom. The SMILES string of the molecule is CC(C)(C)OC(=O)CCc1cccc(-c2nc(COC3CCCCO3)cs2)c1. The molecule has 152 valence electrons. The van der Waals surface area contributed by atoms with Crippen molar-refractivity contribution in [2.24, 2.45) is 0 Å². The van der Waals surface area contributed by atoms with Crippen LogP contribution >= 0.6 is 11.3 Å². The average molecular weight is 404 g/mol. The van der Waals surface area contributed by atoms with E-state index in [4.69, 9.17) is 19.2 Å². The van der Waals surface area contributed by atoms with Crippen molar-refractivity contribution in [2.45, 2.75) is 71.4 Å². The molecule has 5 nitrogen and oxygen atoms in total. The Morgan fingerprint density at radius 1 is 1.32 bits per heavy atom. The van der Waals surface area contributed by atoms with Crippen LogP contribution in [-0.2, 0) is 32.0 Å². The highest BCUT2D eigenvalue weighted by Crippen LogP contribution is 2.26. The summed E-state index contributed by atoms with van der Waals surface area (Å²) >= 11 is 1.61. The number of rotatable bonds is 7. The summed E-state index contributed by atoms with van der Waals surface area (Å²) < 4.78 is 16.8. The lowest BCUT2D eigenvalue weighted by Gasteiger charge is -2.22. The summed E-state index contributed by atoms with van der Waals surface area (Å²) in [7, 11) is 0. The van der Waals surface area contributed by atoms with E-state index >= 15 is 0 Å². The predicted octanol–water partition coefficient (Wildman–Crippen LogP) is 5.13. The molecule has 1 aliphatic rings. The third kappa shape index (κ3) is 6.69. The summed E-state index contributed by atoms with van der Waals surface area (Å²) in [6.07, 6.45) is 4.16. The van der Waals surface area contributed by atoms with E-state index in [9.17, 15) is 4.79 Å². The van der Waals surface area contributed by atoms with Gasteiger partial charge < -0.3 is 14.2 Å². The van der Waals surface area contributed by atoms with Gasteiger partial charge in [-0.1, -0.05) is 18.2 Å². The number of benzene rings is 1. The number of aromatic nitrogens is 1. The molecular weight excluding hydrogens is 374 g/mol. The zero-order valence-corrected chi connectivity index (χ0v) is 17.7. The van der Waals surface area contributed by atoms with Gasteiger partial charge in [-0.3, -0.25) is 4.79 Å². The monoisotopic (exact) mass is 403 g/mol. The normalized spacial score (nSPS) is 17.5. The largest absolute Gasteiger partial charge is 0.460 e. The first kappa shape index (κ1) is 21.0. The molecule has 2 aromatic rings. The van der Waals surface area contributed by atoms with Gasteiger partial charge in [0.25, 0.3) is 0 Å². The fourth-order valence-electron chi connectivity index (χ4n) is 3.03. The highest BCUT2D eigenvalue weighted by atomic mass is 32.1. The van der Waals surface area contributed by atoms with E-state index in [1.165, 1.54) is 0 Å². The van der Waals surface area contributed by atoms with Crippen LogP contribution in [0.1, 0.15) is 57.7 Å². The lowest BCUT2D eigenvalue weighted by molar-refractivity contribution is -0.169. The molecule has 6 heteroatoms. The van der Waals surface area contributed by atoms with E-state index in [0.717, 1.165) is 47.7 Å². The van der Waals surface area contributed by atoms with E-state index in [0.29, 0.717) is 19.4 Å². The minimum Gasteiger partial charge on any atom is -0.460 e. The Hall–Kier alpha value is -1.76. The van der Waals surface area contributed by atoms with Crippen molar-refractivity contribution in [1.29, 1.82) is 0 Å². The number of nitrogens with zero attached hydrogens (tertiary/aromatic N) is 1. The first-order valence-corrected chi connectivity index (χ1v) is 10.8. The molecule has 1 aromatic heterocycles. The second kappa shape index (κ2) is 9.63. The minimum absolute atomic E-state index is 0.102. The number of hydrogen-bond donors (Lipinski definition) is 0. The maximum absolute atomic E-state index is 11.9. The molecule has 0 aliphatic carbocycles. The van der Waals surface area contributed by atoms with E-state index in [-0.39, 0.29) is 12.3 Å². The van der Waals surface area contributed by atoms with Crippen molar-refractivity contribution in [2.75, 3.05) is 6.61 Å². The van der Waals surface area contributed by atoms with Gasteiger partial charge in [0, 0.05) is 24.0 Å². The smallest absolute Gasteiger partial charge is 0.306 e. The summed E-state index contributed by atoms with van der Waals surface area (Å²) in [5, 5.41) is 2.99. The molecule has 2 heterocycles. The van der Waals surface area contributed by atoms with Gasteiger partial charge >= 0.3 is 5.97 Å². The first-order valence-electron chi connectivity index (χ1n) is 9.88. The Kier molecular flexibility index (Phi) is 7.21. The molecule has 1 unspecified atom stereocenters. The molecule has 28 heavy (non-hydrogen) atoms. The van der Waals surface area contributed by atoms with Gasteiger partial charge in [-0.05, 0) is 58.1 Å². The van der Waals surface area contributed by atoms with Gasteiger partial charge in [0.2, 0.25) is 0 Å². The topological polar surface area (TPSA) is 57.7 Å². The summed E-state index contributed by atoms with van der Waals surface area (Å²) in [6, 6.07) is 8.18. The van der Waals surface area contributed by atoms with E-state index in [1.807, 2.05) is 44.4 Å². The number of aryl methyl sites for hydroxylation is 1. The van der Waals surface area contributed by atoms with Gasteiger partial charge in [0.05, 0.1) is 12.3 Å².